The Morgan fingerprint density at radius 2 is 0.475 bits per heavy atom. The van der Waals surface area contributed by atoms with E-state index in [0.717, 1.165) is 114 Å². The van der Waals surface area contributed by atoms with Gasteiger partial charge in [0, 0.05) is 25.7 Å². The number of rotatable bonds is 79. The van der Waals surface area contributed by atoms with E-state index in [1.54, 1.807) is 0 Å². The van der Waals surface area contributed by atoms with Crippen molar-refractivity contribution in [3.8, 4) is 0 Å². The Balaban J connectivity index is 5.23. The van der Waals surface area contributed by atoms with Crippen molar-refractivity contribution in [1.82, 2.24) is 0 Å². The van der Waals surface area contributed by atoms with Crippen molar-refractivity contribution in [2.24, 2.45) is 23.7 Å². The summed E-state index contributed by atoms with van der Waals surface area (Å²) in [5, 5.41) is 10.6. The largest absolute Gasteiger partial charge is 0.472 e. The van der Waals surface area contributed by atoms with Gasteiger partial charge in [-0.25, -0.2) is 9.13 Å². The maximum atomic E-state index is 13.1. The van der Waals surface area contributed by atoms with Gasteiger partial charge in [-0.3, -0.25) is 37.3 Å². The monoisotopic (exact) mass is 1480 g/mol. The zero-order valence-corrected chi connectivity index (χ0v) is 68.3. The van der Waals surface area contributed by atoms with Crippen molar-refractivity contribution >= 4 is 39.5 Å². The lowest BCUT2D eigenvalue weighted by Gasteiger charge is -2.21. The predicted octanol–water partition coefficient (Wildman–Crippen LogP) is 24.4. The highest BCUT2D eigenvalue weighted by Crippen LogP contribution is 2.45. The van der Waals surface area contributed by atoms with Crippen LogP contribution in [0, 0.1) is 23.7 Å². The molecule has 0 aliphatic carbocycles. The molecule has 0 spiro atoms. The van der Waals surface area contributed by atoms with Gasteiger partial charge in [0.2, 0.25) is 0 Å². The molecule has 0 aromatic heterocycles. The zero-order valence-electron chi connectivity index (χ0n) is 66.5. The van der Waals surface area contributed by atoms with Crippen LogP contribution in [0.3, 0.4) is 0 Å². The number of phosphoric ester groups is 2. The third-order valence-electron chi connectivity index (χ3n) is 19.8. The topological polar surface area (TPSA) is 237 Å². The Morgan fingerprint density at radius 3 is 0.703 bits per heavy atom. The molecule has 0 heterocycles. The fourth-order valence-corrected chi connectivity index (χ4v) is 14.1. The Morgan fingerprint density at radius 1 is 0.277 bits per heavy atom. The van der Waals surface area contributed by atoms with E-state index in [9.17, 15) is 43.2 Å². The minimum absolute atomic E-state index is 0.105. The predicted molar refractivity (Wildman–Crippen MR) is 414 cm³/mol. The molecule has 0 radical (unpaired) electrons. The van der Waals surface area contributed by atoms with Crippen LogP contribution < -0.4 is 0 Å². The van der Waals surface area contributed by atoms with E-state index >= 15 is 0 Å². The van der Waals surface area contributed by atoms with Gasteiger partial charge in [-0.2, -0.15) is 0 Å². The molecule has 0 aliphatic rings. The van der Waals surface area contributed by atoms with Crippen molar-refractivity contribution in [3.05, 3.63) is 0 Å². The molecule has 101 heavy (non-hydrogen) atoms. The summed E-state index contributed by atoms with van der Waals surface area (Å²) >= 11 is 0. The summed E-state index contributed by atoms with van der Waals surface area (Å²) in [6.07, 6.45) is 58.2. The highest BCUT2D eigenvalue weighted by Gasteiger charge is 2.30. The van der Waals surface area contributed by atoms with Crippen LogP contribution in [-0.2, 0) is 65.4 Å². The molecule has 0 aromatic carbocycles. The Hall–Kier alpha value is -1.94. The Bertz CT molecular complexity index is 1980. The molecule has 0 saturated carbocycles. The lowest BCUT2D eigenvalue weighted by atomic mass is 9.99. The first-order valence-electron chi connectivity index (χ1n) is 42.3. The van der Waals surface area contributed by atoms with Crippen LogP contribution in [-0.4, -0.2) is 96.7 Å². The molecule has 0 bridgehead atoms. The number of phosphoric acid groups is 2. The van der Waals surface area contributed by atoms with Gasteiger partial charge in [-0.15, -0.1) is 0 Å². The van der Waals surface area contributed by atoms with Gasteiger partial charge in [0.05, 0.1) is 26.4 Å². The van der Waals surface area contributed by atoms with Crippen LogP contribution in [0.25, 0.3) is 0 Å². The molecular formula is C82H160O17P2. The third-order valence-corrected chi connectivity index (χ3v) is 21.7. The minimum Gasteiger partial charge on any atom is -0.462 e. The fourth-order valence-electron chi connectivity index (χ4n) is 12.5. The van der Waals surface area contributed by atoms with E-state index in [0.29, 0.717) is 25.7 Å². The molecule has 0 saturated heterocycles. The Kier molecular flexibility index (Phi) is 69.6. The second-order valence-corrected chi connectivity index (χ2v) is 33.9. The summed E-state index contributed by atoms with van der Waals surface area (Å²) in [7, 11) is -9.92. The van der Waals surface area contributed by atoms with E-state index in [1.807, 2.05) is 0 Å². The van der Waals surface area contributed by atoms with Crippen molar-refractivity contribution in [2.75, 3.05) is 39.6 Å². The summed E-state index contributed by atoms with van der Waals surface area (Å²) in [6, 6.07) is 0. The van der Waals surface area contributed by atoms with Crippen LogP contribution in [0.15, 0.2) is 0 Å². The van der Waals surface area contributed by atoms with Gasteiger partial charge in [-0.1, -0.05) is 370 Å². The normalized spacial score (nSPS) is 14.5. The number of hydrogen-bond donors (Lipinski definition) is 3. The zero-order chi connectivity index (χ0) is 74.6. The third kappa shape index (κ3) is 73.4. The summed E-state index contributed by atoms with van der Waals surface area (Å²) in [5.74, 6) is 1.06. The maximum absolute atomic E-state index is 13.1. The van der Waals surface area contributed by atoms with Gasteiger partial charge in [0.1, 0.15) is 19.3 Å². The van der Waals surface area contributed by atoms with E-state index in [1.165, 1.54) is 225 Å². The SMILES string of the molecule is CCC(C)CCCCCCCCCCCCCCCCCCCCC(=O)O[C@H](COC(=O)CCCCCCCCCCCCCC(C)C)COP(=O)(O)OC[C@@H](O)COP(=O)(O)OC[C@@H](COC(=O)CCCCCCCCCCC(C)CC)OC(=O)CCCCCCCCCCCCC(C)C. The highest BCUT2D eigenvalue weighted by atomic mass is 31.2. The van der Waals surface area contributed by atoms with Crippen molar-refractivity contribution in [2.45, 2.75) is 440 Å². The van der Waals surface area contributed by atoms with E-state index in [2.05, 4.69) is 55.4 Å². The molecule has 4 unspecified atom stereocenters. The standard InChI is InChI=1S/C82H160O17P2/c1-9-74(7)60-52-44-36-28-21-17-15-13-11-12-14-16-18-22-30-40-48-56-64-81(86)98-77(68-92-79(84)62-54-46-38-29-23-19-20-26-34-42-50-58-72(3)4)70-96-100(88,89)94-66-76(83)67-95-101(90,91)97-71-78(69-93-80(85)63-55-47-39-33-32-37-45-53-61-75(8)10-2)99-82(87)65-57-49-41-31-25-24-27-35-43-51-59-73(5)6/h72-78,83H,9-71H2,1-8H3,(H,88,89)(H,90,91)/t74?,75?,76-,77-,78-/m1/s1. The summed E-state index contributed by atoms with van der Waals surface area (Å²) in [4.78, 5) is 73.1. The molecule has 0 aliphatic heterocycles. The van der Waals surface area contributed by atoms with Gasteiger partial charge < -0.3 is 33.8 Å². The fraction of sp³-hybridized carbons (Fsp3) is 0.951. The molecule has 17 nitrogen and oxygen atoms in total. The molecule has 0 rings (SSSR count). The number of hydrogen-bond acceptors (Lipinski definition) is 15. The van der Waals surface area contributed by atoms with Crippen LogP contribution in [0.2, 0.25) is 0 Å². The summed E-state index contributed by atoms with van der Waals surface area (Å²) in [6.45, 7) is 14.3. The summed E-state index contributed by atoms with van der Waals surface area (Å²) in [5.41, 5.74) is 0. The average Bonchev–Trinajstić information content (AvgIpc) is 0.924. The van der Waals surface area contributed by atoms with Gasteiger partial charge >= 0.3 is 39.5 Å². The molecule has 0 amide bonds. The number of esters is 4. The maximum Gasteiger partial charge on any atom is 0.472 e. The number of carbonyl (C=O) groups is 4. The first kappa shape index (κ1) is 99.1. The van der Waals surface area contributed by atoms with Crippen molar-refractivity contribution in [3.63, 3.8) is 0 Å². The first-order valence-corrected chi connectivity index (χ1v) is 45.3. The van der Waals surface area contributed by atoms with Crippen LogP contribution in [0.4, 0.5) is 0 Å². The number of carbonyl (C=O) groups excluding carboxylic acids is 4. The molecule has 19 heteroatoms. The molecule has 3 N–H and O–H groups in total. The number of aliphatic hydroxyl groups excluding tert-OH is 1. The average molecular weight is 1480 g/mol. The van der Waals surface area contributed by atoms with Crippen LogP contribution in [0.1, 0.15) is 421 Å². The molecule has 7 atom stereocenters. The lowest BCUT2D eigenvalue weighted by molar-refractivity contribution is -0.161. The quantitative estimate of drug-likeness (QED) is 0.0222. The lowest BCUT2D eigenvalue weighted by Crippen LogP contribution is -2.30. The Labute approximate surface area is 619 Å². The molecule has 0 fully saturated rings. The van der Waals surface area contributed by atoms with Crippen LogP contribution in [0.5, 0.6) is 0 Å². The van der Waals surface area contributed by atoms with Crippen LogP contribution >= 0.6 is 15.6 Å². The summed E-state index contributed by atoms with van der Waals surface area (Å²) < 4.78 is 68.7. The number of unbranched alkanes of at least 4 members (excludes halogenated alkanes) is 43. The molecule has 0 aromatic rings. The number of ether oxygens (including phenoxy) is 4. The van der Waals surface area contributed by atoms with Gasteiger partial charge in [0.25, 0.3) is 0 Å². The van der Waals surface area contributed by atoms with Gasteiger partial charge in [-0.05, 0) is 49.4 Å². The number of aliphatic hydroxyl groups is 1. The second-order valence-electron chi connectivity index (χ2n) is 31.0. The first-order chi connectivity index (χ1) is 48.7. The molecule has 600 valence electrons. The van der Waals surface area contributed by atoms with E-state index in [4.69, 9.17) is 37.0 Å². The smallest absolute Gasteiger partial charge is 0.462 e. The van der Waals surface area contributed by atoms with Gasteiger partial charge in [0.15, 0.2) is 12.2 Å². The molecular weight excluding hydrogens is 1320 g/mol. The van der Waals surface area contributed by atoms with E-state index in [-0.39, 0.29) is 25.7 Å². The minimum atomic E-state index is -4.96. The highest BCUT2D eigenvalue weighted by molar-refractivity contribution is 7.47. The van der Waals surface area contributed by atoms with Crippen molar-refractivity contribution < 1.29 is 80.2 Å². The van der Waals surface area contributed by atoms with Crippen molar-refractivity contribution in [1.29, 1.82) is 0 Å². The van der Waals surface area contributed by atoms with E-state index < -0.39 is 97.5 Å². The second kappa shape index (κ2) is 71.0.